The van der Waals surface area contributed by atoms with Crippen molar-refractivity contribution in [2.75, 3.05) is 17.2 Å². The number of anilines is 4. The van der Waals surface area contributed by atoms with Gasteiger partial charge in [0.2, 0.25) is 5.95 Å². The van der Waals surface area contributed by atoms with Crippen molar-refractivity contribution in [2.24, 2.45) is 0 Å². The molecule has 3 aromatic rings. The molecule has 2 N–H and O–H groups in total. The van der Waals surface area contributed by atoms with E-state index >= 15 is 0 Å². The highest BCUT2D eigenvalue weighted by molar-refractivity contribution is 6.31. The topological polar surface area (TPSA) is 59.1 Å². The molecule has 0 amide bonds. The lowest BCUT2D eigenvalue weighted by atomic mass is 10.3. The number of rotatable bonds is 6. The molecular weight excluding hydrogens is 343 g/mol. The van der Waals surface area contributed by atoms with E-state index in [4.69, 9.17) is 16.3 Å². The van der Waals surface area contributed by atoms with Crippen LogP contribution < -0.4 is 15.4 Å². The Morgan fingerprint density at radius 1 is 1.04 bits per heavy atom. The molecular formula is C18H16ClFN4O. The zero-order valence-corrected chi connectivity index (χ0v) is 14.2. The molecule has 0 fully saturated rings. The average molecular weight is 359 g/mol. The molecule has 0 aliphatic rings. The number of benzene rings is 2. The van der Waals surface area contributed by atoms with Crippen molar-refractivity contribution >= 4 is 34.7 Å². The van der Waals surface area contributed by atoms with E-state index in [9.17, 15) is 4.39 Å². The molecule has 25 heavy (non-hydrogen) atoms. The van der Waals surface area contributed by atoms with Gasteiger partial charge in [0.05, 0.1) is 11.6 Å². The van der Waals surface area contributed by atoms with E-state index in [1.165, 1.54) is 12.1 Å². The van der Waals surface area contributed by atoms with E-state index in [2.05, 4.69) is 20.6 Å². The molecule has 128 valence electrons. The quantitative estimate of drug-likeness (QED) is 0.637. The fourth-order valence-electron chi connectivity index (χ4n) is 2.14. The van der Waals surface area contributed by atoms with Crippen molar-refractivity contribution in [3.8, 4) is 5.75 Å². The van der Waals surface area contributed by atoms with Crippen LogP contribution in [0.5, 0.6) is 5.75 Å². The van der Waals surface area contributed by atoms with Gasteiger partial charge in [-0.05, 0) is 55.5 Å². The lowest BCUT2D eigenvalue weighted by molar-refractivity contribution is 0.340. The van der Waals surface area contributed by atoms with E-state index in [1.54, 1.807) is 18.3 Å². The first-order valence-corrected chi connectivity index (χ1v) is 8.07. The molecule has 0 saturated heterocycles. The predicted octanol–water partition coefficient (Wildman–Crippen LogP) is 5.16. The molecule has 1 heterocycles. The third kappa shape index (κ3) is 4.58. The Bertz CT molecular complexity index is 858. The maximum atomic E-state index is 13.2. The summed E-state index contributed by atoms with van der Waals surface area (Å²) in [7, 11) is 0. The Morgan fingerprint density at radius 3 is 2.52 bits per heavy atom. The van der Waals surface area contributed by atoms with Gasteiger partial charge in [-0.3, -0.25) is 0 Å². The van der Waals surface area contributed by atoms with Crippen molar-refractivity contribution in [1.82, 2.24) is 9.97 Å². The van der Waals surface area contributed by atoms with Crippen LogP contribution in [0.25, 0.3) is 0 Å². The molecule has 0 bridgehead atoms. The normalized spacial score (nSPS) is 10.4. The van der Waals surface area contributed by atoms with Crippen LogP contribution >= 0.6 is 11.6 Å². The molecule has 2 aromatic carbocycles. The van der Waals surface area contributed by atoms with Gasteiger partial charge in [-0.25, -0.2) is 9.37 Å². The van der Waals surface area contributed by atoms with Gasteiger partial charge in [0.1, 0.15) is 17.4 Å². The van der Waals surface area contributed by atoms with E-state index < -0.39 is 5.82 Å². The Morgan fingerprint density at radius 2 is 1.80 bits per heavy atom. The zero-order valence-electron chi connectivity index (χ0n) is 13.5. The number of halogens is 2. The fraction of sp³-hybridized carbons (Fsp3) is 0.111. The summed E-state index contributed by atoms with van der Waals surface area (Å²) >= 11 is 5.78. The lowest BCUT2D eigenvalue weighted by Crippen LogP contribution is -2.00. The van der Waals surface area contributed by atoms with Crippen LogP contribution in [0.15, 0.2) is 54.7 Å². The molecule has 0 saturated carbocycles. The Hall–Kier alpha value is -2.86. The SMILES string of the molecule is CCOc1ccc(Nc2nccc(Nc3ccc(F)c(Cl)c3)n2)cc1. The second-order valence-corrected chi connectivity index (χ2v) is 5.51. The highest BCUT2D eigenvalue weighted by Gasteiger charge is 2.04. The van der Waals surface area contributed by atoms with Crippen LogP contribution in [0.2, 0.25) is 5.02 Å². The van der Waals surface area contributed by atoms with Crippen molar-refractivity contribution in [2.45, 2.75) is 6.92 Å². The smallest absolute Gasteiger partial charge is 0.229 e. The minimum atomic E-state index is -0.465. The van der Waals surface area contributed by atoms with Crippen molar-refractivity contribution in [3.63, 3.8) is 0 Å². The molecule has 3 rings (SSSR count). The average Bonchev–Trinajstić information content (AvgIpc) is 2.61. The first-order valence-electron chi connectivity index (χ1n) is 7.69. The summed E-state index contributed by atoms with van der Waals surface area (Å²) in [6, 6.07) is 13.6. The molecule has 0 spiro atoms. The summed E-state index contributed by atoms with van der Waals surface area (Å²) < 4.78 is 18.6. The van der Waals surface area contributed by atoms with Crippen LogP contribution in [0.1, 0.15) is 6.92 Å². The minimum Gasteiger partial charge on any atom is -0.494 e. The van der Waals surface area contributed by atoms with E-state index in [1.807, 2.05) is 31.2 Å². The van der Waals surface area contributed by atoms with Crippen LogP contribution in [-0.2, 0) is 0 Å². The maximum absolute atomic E-state index is 13.2. The van der Waals surface area contributed by atoms with Crippen LogP contribution in [0, 0.1) is 5.82 Å². The van der Waals surface area contributed by atoms with Gasteiger partial charge in [-0.2, -0.15) is 4.98 Å². The Labute approximate surface area is 149 Å². The summed E-state index contributed by atoms with van der Waals surface area (Å²) in [5, 5.41) is 6.23. The Balaban J connectivity index is 1.71. The highest BCUT2D eigenvalue weighted by Crippen LogP contribution is 2.23. The van der Waals surface area contributed by atoms with Crippen molar-refractivity contribution < 1.29 is 9.13 Å². The third-order valence-electron chi connectivity index (χ3n) is 3.27. The van der Waals surface area contributed by atoms with Gasteiger partial charge in [0.25, 0.3) is 0 Å². The Kier molecular flexibility index (Phi) is 5.30. The number of nitrogens with zero attached hydrogens (tertiary/aromatic N) is 2. The molecule has 5 nitrogen and oxygen atoms in total. The molecule has 0 radical (unpaired) electrons. The van der Waals surface area contributed by atoms with Crippen LogP contribution in [0.3, 0.4) is 0 Å². The van der Waals surface area contributed by atoms with Gasteiger partial charge in [0, 0.05) is 17.6 Å². The van der Waals surface area contributed by atoms with E-state index in [-0.39, 0.29) is 5.02 Å². The molecule has 0 atom stereocenters. The second kappa shape index (κ2) is 7.81. The van der Waals surface area contributed by atoms with Gasteiger partial charge in [-0.1, -0.05) is 11.6 Å². The van der Waals surface area contributed by atoms with E-state index in [0.29, 0.717) is 24.1 Å². The molecule has 1 aromatic heterocycles. The van der Waals surface area contributed by atoms with Gasteiger partial charge in [-0.15, -0.1) is 0 Å². The highest BCUT2D eigenvalue weighted by atomic mass is 35.5. The first-order chi connectivity index (χ1) is 12.1. The molecule has 7 heteroatoms. The molecule has 0 aliphatic heterocycles. The number of hydrogen-bond acceptors (Lipinski definition) is 5. The number of nitrogens with one attached hydrogen (secondary N) is 2. The monoisotopic (exact) mass is 358 g/mol. The number of ether oxygens (including phenoxy) is 1. The zero-order chi connectivity index (χ0) is 17.6. The molecule has 0 unspecified atom stereocenters. The predicted molar refractivity (Wildman–Crippen MR) is 97.6 cm³/mol. The summed E-state index contributed by atoms with van der Waals surface area (Å²) in [6.45, 7) is 2.56. The van der Waals surface area contributed by atoms with Crippen molar-refractivity contribution in [3.05, 3.63) is 65.6 Å². The van der Waals surface area contributed by atoms with Crippen molar-refractivity contribution in [1.29, 1.82) is 0 Å². The second-order valence-electron chi connectivity index (χ2n) is 5.10. The van der Waals surface area contributed by atoms with Gasteiger partial charge >= 0.3 is 0 Å². The first kappa shape index (κ1) is 17.0. The summed E-state index contributed by atoms with van der Waals surface area (Å²) in [6.07, 6.45) is 1.62. The minimum absolute atomic E-state index is 0.0480. The maximum Gasteiger partial charge on any atom is 0.229 e. The summed E-state index contributed by atoms with van der Waals surface area (Å²) in [4.78, 5) is 8.56. The van der Waals surface area contributed by atoms with Gasteiger partial charge < -0.3 is 15.4 Å². The fourth-order valence-corrected chi connectivity index (χ4v) is 2.32. The number of hydrogen-bond donors (Lipinski definition) is 2. The van der Waals surface area contributed by atoms with Gasteiger partial charge in [0.15, 0.2) is 0 Å². The number of aromatic nitrogens is 2. The van der Waals surface area contributed by atoms with Crippen LogP contribution in [-0.4, -0.2) is 16.6 Å². The largest absolute Gasteiger partial charge is 0.494 e. The molecule has 0 aliphatic carbocycles. The third-order valence-corrected chi connectivity index (χ3v) is 3.56. The lowest BCUT2D eigenvalue weighted by Gasteiger charge is -2.09. The summed E-state index contributed by atoms with van der Waals surface area (Å²) in [5.74, 6) is 1.33. The summed E-state index contributed by atoms with van der Waals surface area (Å²) in [5.41, 5.74) is 1.47. The van der Waals surface area contributed by atoms with Crippen LogP contribution in [0.4, 0.5) is 27.5 Å². The van der Waals surface area contributed by atoms with E-state index in [0.717, 1.165) is 11.4 Å². The standard InChI is InChI=1S/C18H16ClFN4O/c1-2-25-14-6-3-12(4-7-14)23-18-21-10-9-17(24-18)22-13-5-8-16(20)15(19)11-13/h3-11H,2H2,1H3,(H2,21,22,23,24).